The summed E-state index contributed by atoms with van der Waals surface area (Å²) in [5, 5.41) is 0. The van der Waals surface area contributed by atoms with Crippen LogP contribution in [0, 0.1) is 0 Å². The summed E-state index contributed by atoms with van der Waals surface area (Å²) in [5.74, 6) is 1.03. The first-order chi connectivity index (χ1) is 8.68. The Morgan fingerprint density at radius 1 is 1.00 bits per heavy atom. The molecular formula is C14H14F3NO. The van der Waals surface area contributed by atoms with Gasteiger partial charge in [-0.1, -0.05) is 20.8 Å². The van der Waals surface area contributed by atoms with Gasteiger partial charge in [-0.05, 0) is 24.3 Å². The lowest BCUT2D eigenvalue weighted by molar-refractivity contribution is -0.137. The number of aromatic nitrogens is 1. The fourth-order valence-electron chi connectivity index (χ4n) is 1.56. The lowest BCUT2D eigenvalue weighted by atomic mass is 9.94. The quantitative estimate of drug-likeness (QED) is 0.752. The van der Waals surface area contributed by atoms with Crippen LogP contribution in [0.15, 0.2) is 34.9 Å². The SMILES string of the molecule is CC(C)(C)c1cnc(-c2ccc(C(F)(F)F)cc2)o1. The van der Waals surface area contributed by atoms with Gasteiger partial charge in [0.25, 0.3) is 0 Å². The highest BCUT2D eigenvalue weighted by Crippen LogP contribution is 2.32. The molecule has 2 nitrogen and oxygen atoms in total. The average Bonchev–Trinajstić information content (AvgIpc) is 2.77. The Kier molecular flexibility index (Phi) is 3.16. The number of alkyl halides is 3. The highest BCUT2D eigenvalue weighted by atomic mass is 19.4. The van der Waals surface area contributed by atoms with Crippen molar-refractivity contribution in [1.29, 1.82) is 0 Å². The maximum atomic E-state index is 12.4. The summed E-state index contributed by atoms with van der Waals surface area (Å²) in [6.45, 7) is 5.93. The van der Waals surface area contributed by atoms with Crippen molar-refractivity contribution in [3.8, 4) is 11.5 Å². The normalized spacial score (nSPS) is 12.7. The third-order valence-electron chi connectivity index (χ3n) is 2.70. The first-order valence-corrected chi connectivity index (χ1v) is 5.82. The van der Waals surface area contributed by atoms with Crippen LogP contribution in [-0.2, 0) is 11.6 Å². The number of benzene rings is 1. The van der Waals surface area contributed by atoms with E-state index in [0.29, 0.717) is 17.2 Å². The van der Waals surface area contributed by atoms with Crippen LogP contribution in [0.2, 0.25) is 0 Å². The van der Waals surface area contributed by atoms with Crippen molar-refractivity contribution in [1.82, 2.24) is 4.98 Å². The molecule has 2 rings (SSSR count). The largest absolute Gasteiger partial charge is 0.441 e. The molecule has 0 amide bonds. The third kappa shape index (κ3) is 2.97. The molecule has 0 spiro atoms. The molecule has 1 aromatic heterocycles. The van der Waals surface area contributed by atoms with Crippen LogP contribution in [0.1, 0.15) is 32.1 Å². The smallest absolute Gasteiger partial charge is 0.416 e. The van der Waals surface area contributed by atoms with E-state index in [9.17, 15) is 13.2 Å². The van der Waals surface area contributed by atoms with Gasteiger partial charge in [0.1, 0.15) is 5.76 Å². The van der Waals surface area contributed by atoms with Crippen LogP contribution >= 0.6 is 0 Å². The molecule has 0 aliphatic rings. The van der Waals surface area contributed by atoms with Gasteiger partial charge in [0.15, 0.2) is 0 Å². The number of rotatable bonds is 1. The van der Waals surface area contributed by atoms with Crippen molar-refractivity contribution in [3.05, 3.63) is 41.8 Å². The van der Waals surface area contributed by atoms with E-state index in [2.05, 4.69) is 4.98 Å². The van der Waals surface area contributed by atoms with Gasteiger partial charge in [-0.25, -0.2) is 4.98 Å². The summed E-state index contributed by atoms with van der Waals surface area (Å²) in [7, 11) is 0. The molecule has 1 aromatic carbocycles. The molecule has 0 N–H and O–H groups in total. The highest BCUT2D eigenvalue weighted by Gasteiger charge is 2.30. The Bertz CT molecular complexity index is 562. The van der Waals surface area contributed by atoms with E-state index in [1.54, 1.807) is 6.20 Å². The van der Waals surface area contributed by atoms with E-state index in [-0.39, 0.29) is 5.41 Å². The van der Waals surface area contributed by atoms with E-state index < -0.39 is 11.7 Å². The van der Waals surface area contributed by atoms with Gasteiger partial charge >= 0.3 is 6.18 Å². The van der Waals surface area contributed by atoms with Gasteiger partial charge in [-0.3, -0.25) is 0 Å². The molecule has 0 saturated carbocycles. The van der Waals surface area contributed by atoms with Crippen LogP contribution in [0.4, 0.5) is 13.2 Å². The first kappa shape index (κ1) is 13.6. The standard InChI is InChI=1S/C14H14F3NO/c1-13(2,3)11-8-18-12(19-11)9-4-6-10(7-5-9)14(15,16)17/h4-8H,1-3H3. The van der Waals surface area contributed by atoms with Crippen molar-refractivity contribution < 1.29 is 17.6 Å². The fraction of sp³-hybridized carbons (Fsp3) is 0.357. The molecule has 102 valence electrons. The van der Waals surface area contributed by atoms with Gasteiger partial charge in [-0.15, -0.1) is 0 Å². The molecule has 1 heterocycles. The van der Waals surface area contributed by atoms with Crippen molar-refractivity contribution in [3.63, 3.8) is 0 Å². The second-order valence-electron chi connectivity index (χ2n) is 5.35. The first-order valence-electron chi connectivity index (χ1n) is 5.82. The van der Waals surface area contributed by atoms with Gasteiger partial charge in [0, 0.05) is 11.0 Å². The molecule has 0 aliphatic heterocycles. The van der Waals surface area contributed by atoms with Crippen LogP contribution in [0.25, 0.3) is 11.5 Å². The summed E-state index contributed by atoms with van der Waals surface area (Å²) in [6, 6.07) is 4.77. The summed E-state index contributed by atoms with van der Waals surface area (Å²) in [6.07, 6.45) is -2.72. The second kappa shape index (κ2) is 4.40. The molecule has 2 aromatic rings. The van der Waals surface area contributed by atoms with Crippen molar-refractivity contribution >= 4 is 0 Å². The zero-order valence-corrected chi connectivity index (χ0v) is 10.9. The lowest BCUT2D eigenvalue weighted by Crippen LogP contribution is -2.09. The summed E-state index contributed by atoms with van der Waals surface area (Å²) >= 11 is 0. The molecule has 5 heteroatoms. The maximum Gasteiger partial charge on any atom is 0.416 e. The van der Waals surface area contributed by atoms with Gasteiger partial charge in [-0.2, -0.15) is 13.2 Å². The lowest BCUT2D eigenvalue weighted by Gasteiger charge is -2.13. The number of hydrogen-bond acceptors (Lipinski definition) is 2. The van der Waals surface area contributed by atoms with E-state index in [1.807, 2.05) is 20.8 Å². The van der Waals surface area contributed by atoms with Crippen LogP contribution in [0.5, 0.6) is 0 Å². The molecule has 0 fully saturated rings. The summed E-state index contributed by atoms with van der Waals surface area (Å²) in [5.41, 5.74) is -0.334. The highest BCUT2D eigenvalue weighted by molar-refractivity contribution is 5.54. The summed E-state index contributed by atoms with van der Waals surface area (Å²) in [4.78, 5) is 4.10. The van der Waals surface area contributed by atoms with E-state index >= 15 is 0 Å². The van der Waals surface area contributed by atoms with Crippen molar-refractivity contribution in [2.75, 3.05) is 0 Å². The van der Waals surface area contributed by atoms with Crippen molar-refractivity contribution in [2.24, 2.45) is 0 Å². The number of nitrogens with zero attached hydrogens (tertiary/aromatic N) is 1. The average molecular weight is 269 g/mol. The Hall–Kier alpha value is -1.78. The predicted octanol–water partition coefficient (Wildman–Crippen LogP) is 4.66. The van der Waals surface area contributed by atoms with Crippen LogP contribution in [0.3, 0.4) is 0 Å². The number of oxazole rings is 1. The van der Waals surface area contributed by atoms with Crippen molar-refractivity contribution in [2.45, 2.75) is 32.4 Å². The topological polar surface area (TPSA) is 26.0 Å². The number of halogens is 3. The third-order valence-corrected chi connectivity index (χ3v) is 2.70. The molecule has 19 heavy (non-hydrogen) atoms. The molecular weight excluding hydrogens is 255 g/mol. The van der Waals surface area contributed by atoms with E-state index in [4.69, 9.17) is 4.42 Å². The van der Waals surface area contributed by atoms with Gasteiger partial charge in [0.2, 0.25) is 5.89 Å². The minimum absolute atomic E-state index is 0.183. The van der Waals surface area contributed by atoms with Crippen LogP contribution in [-0.4, -0.2) is 4.98 Å². The Labute approximate surface area is 109 Å². The Balaban J connectivity index is 2.31. The summed E-state index contributed by atoms with van der Waals surface area (Å²) < 4.78 is 42.9. The monoisotopic (exact) mass is 269 g/mol. The predicted molar refractivity (Wildman–Crippen MR) is 65.6 cm³/mol. The van der Waals surface area contributed by atoms with E-state index in [1.165, 1.54) is 12.1 Å². The van der Waals surface area contributed by atoms with E-state index in [0.717, 1.165) is 12.1 Å². The zero-order chi connectivity index (χ0) is 14.3. The Morgan fingerprint density at radius 3 is 2.00 bits per heavy atom. The minimum atomic E-state index is -4.33. The minimum Gasteiger partial charge on any atom is -0.441 e. The Morgan fingerprint density at radius 2 is 1.58 bits per heavy atom. The fourth-order valence-corrected chi connectivity index (χ4v) is 1.56. The second-order valence-corrected chi connectivity index (χ2v) is 5.35. The zero-order valence-electron chi connectivity index (χ0n) is 10.9. The molecule has 0 saturated heterocycles. The maximum absolute atomic E-state index is 12.4. The molecule has 0 aliphatic carbocycles. The molecule has 0 atom stereocenters. The van der Waals surface area contributed by atoms with Gasteiger partial charge in [0.05, 0.1) is 11.8 Å². The molecule has 0 radical (unpaired) electrons. The number of hydrogen-bond donors (Lipinski definition) is 0. The van der Waals surface area contributed by atoms with Gasteiger partial charge < -0.3 is 4.42 Å². The van der Waals surface area contributed by atoms with Crippen LogP contribution < -0.4 is 0 Å². The molecule has 0 unspecified atom stereocenters. The molecule has 0 bridgehead atoms.